The molecule has 0 aromatic heterocycles. The molecular formula is C23H40O4. The number of unbranched alkanes of at least 4 members (excludes halogenated alkanes) is 8. The zero-order valence-corrected chi connectivity index (χ0v) is 17.6. The van der Waals surface area contributed by atoms with Gasteiger partial charge in [0.05, 0.1) is 0 Å². The Bertz CT molecular complexity index is 419. The van der Waals surface area contributed by atoms with Gasteiger partial charge in [-0.1, -0.05) is 101 Å². The Hall–Kier alpha value is -1.84. The maximum Gasteiger partial charge on any atom is 0.303 e. The summed E-state index contributed by atoms with van der Waals surface area (Å²) in [5.74, 6) is -1.34. The predicted molar refractivity (Wildman–Crippen MR) is 113 cm³/mol. The van der Waals surface area contributed by atoms with Crippen LogP contribution in [0.25, 0.3) is 0 Å². The highest BCUT2D eigenvalue weighted by Crippen LogP contribution is 2.05. The lowest BCUT2D eigenvalue weighted by molar-refractivity contribution is -0.138. The number of carboxylic acid groups (broad SMARTS) is 2. The molecule has 27 heavy (non-hydrogen) atoms. The molecular weight excluding hydrogens is 340 g/mol. The third-order valence-corrected chi connectivity index (χ3v) is 3.93. The summed E-state index contributed by atoms with van der Waals surface area (Å²) >= 11 is 0. The number of hydrogen-bond donors (Lipinski definition) is 2. The lowest BCUT2D eigenvalue weighted by atomic mass is 10.1. The first-order chi connectivity index (χ1) is 12.9. The summed E-state index contributed by atoms with van der Waals surface area (Å²) < 4.78 is 0. The minimum atomic E-state index is -0.670. The third-order valence-electron chi connectivity index (χ3n) is 3.93. The Kier molecular flexibility index (Phi) is 22.5. The summed E-state index contributed by atoms with van der Waals surface area (Å²) in [7, 11) is 0. The van der Waals surface area contributed by atoms with Gasteiger partial charge in [-0.25, -0.2) is 0 Å². The highest BCUT2D eigenvalue weighted by molar-refractivity contribution is 5.66. The van der Waals surface area contributed by atoms with Gasteiger partial charge < -0.3 is 10.2 Å². The Morgan fingerprint density at radius 3 is 1.30 bits per heavy atom. The molecule has 0 saturated heterocycles. The van der Waals surface area contributed by atoms with E-state index in [1.807, 2.05) is 18.2 Å². The van der Waals surface area contributed by atoms with E-state index < -0.39 is 11.9 Å². The second-order valence-corrected chi connectivity index (χ2v) is 6.77. The van der Waals surface area contributed by atoms with Gasteiger partial charge in [-0.05, 0) is 19.8 Å². The van der Waals surface area contributed by atoms with E-state index >= 15 is 0 Å². The number of benzene rings is 1. The predicted octanol–water partition coefficient (Wildman–Crippen LogP) is 6.86. The quantitative estimate of drug-likeness (QED) is 0.388. The summed E-state index contributed by atoms with van der Waals surface area (Å²) in [5, 5.41) is 16.5. The summed E-state index contributed by atoms with van der Waals surface area (Å²) in [6.07, 6.45) is 11.8. The van der Waals surface area contributed by atoms with Crippen LogP contribution in [0.1, 0.15) is 96.5 Å². The number of rotatable bonds is 12. The molecule has 0 heterocycles. The molecule has 0 saturated carbocycles. The smallest absolute Gasteiger partial charge is 0.303 e. The van der Waals surface area contributed by atoms with E-state index in [-0.39, 0.29) is 0 Å². The van der Waals surface area contributed by atoms with E-state index in [0.29, 0.717) is 12.8 Å². The van der Waals surface area contributed by atoms with Crippen LogP contribution in [-0.2, 0) is 9.59 Å². The highest BCUT2D eigenvalue weighted by atomic mass is 16.4. The zero-order valence-electron chi connectivity index (χ0n) is 17.6. The summed E-state index contributed by atoms with van der Waals surface area (Å²) in [6.45, 7) is 6.38. The summed E-state index contributed by atoms with van der Waals surface area (Å²) in [4.78, 5) is 20.1. The first kappa shape index (κ1) is 27.4. The Morgan fingerprint density at radius 2 is 1.04 bits per heavy atom. The Labute approximate surface area is 166 Å². The molecule has 0 radical (unpaired) electrons. The van der Waals surface area contributed by atoms with Crippen LogP contribution >= 0.6 is 0 Å². The fraction of sp³-hybridized carbons (Fsp3) is 0.652. The van der Waals surface area contributed by atoms with E-state index in [0.717, 1.165) is 25.7 Å². The summed E-state index contributed by atoms with van der Waals surface area (Å²) in [6, 6.07) is 10.3. The average molecular weight is 381 g/mol. The van der Waals surface area contributed by atoms with Gasteiger partial charge in [0.1, 0.15) is 0 Å². The van der Waals surface area contributed by atoms with Crippen LogP contribution in [0.5, 0.6) is 0 Å². The number of aliphatic carboxylic acids is 2. The molecule has 0 aliphatic heterocycles. The zero-order chi connectivity index (χ0) is 20.8. The van der Waals surface area contributed by atoms with Crippen molar-refractivity contribution in [2.24, 2.45) is 0 Å². The molecule has 0 unspecified atom stereocenters. The molecule has 0 spiro atoms. The van der Waals surface area contributed by atoms with Crippen molar-refractivity contribution in [1.82, 2.24) is 0 Å². The van der Waals surface area contributed by atoms with Gasteiger partial charge in [0, 0.05) is 12.8 Å². The Morgan fingerprint density at radius 1 is 0.667 bits per heavy atom. The largest absolute Gasteiger partial charge is 0.481 e. The lowest BCUT2D eigenvalue weighted by Gasteiger charge is -1.95. The van der Waals surface area contributed by atoms with Crippen LogP contribution in [0.3, 0.4) is 0 Å². The first-order valence-corrected chi connectivity index (χ1v) is 10.4. The van der Waals surface area contributed by atoms with E-state index in [1.54, 1.807) is 0 Å². The molecule has 0 fully saturated rings. The van der Waals surface area contributed by atoms with Crippen molar-refractivity contribution in [1.29, 1.82) is 0 Å². The van der Waals surface area contributed by atoms with E-state index in [4.69, 9.17) is 10.2 Å². The van der Waals surface area contributed by atoms with Crippen molar-refractivity contribution in [3.63, 3.8) is 0 Å². The minimum absolute atomic E-state index is 0.337. The van der Waals surface area contributed by atoms with Gasteiger partial charge in [0.2, 0.25) is 0 Å². The van der Waals surface area contributed by atoms with Crippen LogP contribution < -0.4 is 0 Å². The monoisotopic (exact) mass is 380 g/mol. The fourth-order valence-electron chi connectivity index (χ4n) is 2.29. The molecule has 156 valence electrons. The molecule has 0 bridgehead atoms. The standard InChI is InChI=1S/2C8H16O2.C7H8/c2*1-2-3-4-5-6-7-8(9)10;1-7-5-3-2-4-6-7/h2*2-7H2,1H3,(H,9,10);2-6H,1H3. The summed E-state index contributed by atoms with van der Waals surface area (Å²) in [5.41, 5.74) is 1.32. The highest BCUT2D eigenvalue weighted by Gasteiger charge is 1.95. The maximum absolute atomic E-state index is 10.0. The Balaban J connectivity index is 0. The number of hydrogen-bond acceptors (Lipinski definition) is 2. The van der Waals surface area contributed by atoms with Gasteiger partial charge in [-0.3, -0.25) is 9.59 Å². The van der Waals surface area contributed by atoms with Crippen molar-refractivity contribution in [2.75, 3.05) is 0 Å². The van der Waals surface area contributed by atoms with Crippen molar-refractivity contribution < 1.29 is 19.8 Å². The van der Waals surface area contributed by atoms with Crippen LogP contribution in [0.4, 0.5) is 0 Å². The SMILES string of the molecule is CCCCCCCC(=O)O.CCCCCCCC(=O)O.Cc1ccccc1. The topological polar surface area (TPSA) is 74.6 Å². The molecule has 1 rings (SSSR count). The van der Waals surface area contributed by atoms with Crippen LogP contribution in [-0.4, -0.2) is 22.2 Å². The second kappa shape index (κ2) is 22.2. The van der Waals surface area contributed by atoms with E-state index in [2.05, 4.69) is 32.9 Å². The minimum Gasteiger partial charge on any atom is -0.481 e. The van der Waals surface area contributed by atoms with Gasteiger partial charge in [-0.2, -0.15) is 0 Å². The molecule has 4 nitrogen and oxygen atoms in total. The van der Waals surface area contributed by atoms with Gasteiger partial charge >= 0.3 is 11.9 Å². The molecule has 0 aliphatic rings. The van der Waals surface area contributed by atoms with Crippen molar-refractivity contribution >= 4 is 11.9 Å². The van der Waals surface area contributed by atoms with E-state index in [9.17, 15) is 9.59 Å². The fourth-order valence-corrected chi connectivity index (χ4v) is 2.29. The molecule has 0 amide bonds. The molecule has 4 heteroatoms. The normalized spacial score (nSPS) is 9.44. The van der Waals surface area contributed by atoms with Crippen LogP contribution in [0, 0.1) is 6.92 Å². The van der Waals surface area contributed by atoms with Crippen LogP contribution in [0.2, 0.25) is 0 Å². The number of aryl methyl sites for hydroxylation is 1. The van der Waals surface area contributed by atoms with Crippen LogP contribution in [0.15, 0.2) is 30.3 Å². The molecule has 1 aromatic rings. The molecule has 0 aliphatic carbocycles. The second-order valence-electron chi connectivity index (χ2n) is 6.77. The number of carbonyl (C=O) groups is 2. The van der Waals surface area contributed by atoms with Gasteiger partial charge in [-0.15, -0.1) is 0 Å². The first-order valence-electron chi connectivity index (χ1n) is 10.4. The molecule has 0 atom stereocenters. The lowest BCUT2D eigenvalue weighted by Crippen LogP contribution is -1.93. The number of carboxylic acids is 2. The van der Waals surface area contributed by atoms with Crippen molar-refractivity contribution in [3.8, 4) is 0 Å². The molecule has 2 N–H and O–H groups in total. The van der Waals surface area contributed by atoms with E-state index in [1.165, 1.54) is 44.1 Å². The van der Waals surface area contributed by atoms with Gasteiger partial charge in [0.15, 0.2) is 0 Å². The third kappa shape index (κ3) is 29.2. The maximum atomic E-state index is 10.0. The van der Waals surface area contributed by atoms with Crippen molar-refractivity contribution in [3.05, 3.63) is 35.9 Å². The average Bonchev–Trinajstić information content (AvgIpc) is 2.63. The molecule has 1 aromatic carbocycles. The van der Waals surface area contributed by atoms with Crippen molar-refractivity contribution in [2.45, 2.75) is 97.8 Å². The van der Waals surface area contributed by atoms with Gasteiger partial charge in [0.25, 0.3) is 0 Å².